The summed E-state index contributed by atoms with van der Waals surface area (Å²) in [6.07, 6.45) is 4.12. The molecule has 6 heteroatoms. The molecule has 3 amide bonds. The summed E-state index contributed by atoms with van der Waals surface area (Å²) >= 11 is 0. The first kappa shape index (κ1) is 12.6. The molecule has 4 atom stereocenters. The summed E-state index contributed by atoms with van der Waals surface area (Å²) in [4.78, 5) is 36.3. The highest BCUT2D eigenvalue weighted by molar-refractivity contribution is 5.84. The van der Waals surface area contributed by atoms with Crippen molar-refractivity contribution in [2.75, 3.05) is 26.2 Å². The monoisotopic (exact) mass is 265 g/mol. The van der Waals surface area contributed by atoms with Crippen LogP contribution in [0, 0.1) is 11.8 Å². The molecule has 3 aliphatic heterocycles. The minimum absolute atomic E-state index is 0.126. The highest BCUT2D eigenvalue weighted by Crippen LogP contribution is 2.45. The van der Waals surface area contributed by atoms with Gasteiger partial charge < -0.3 is 10.2 Å². The van der Waals surface area contributed by atoms with Gasteiger partial charge in [0.15, 0.2) is 0 Å². The maximum absolute atomic E-state index is 12.0. The van der Waals surface area contributed by atoms with Crippen LogP contribution in [0.5, 0.6) is 0 Å². The van der Waals surface area contributed by atoms with Crippen molar-refractivity contribution in [3.05, 3.63) is 0 Å². The van der Waals surface area contributed by atoms with Gasteiger partial charge in [-0.1, -0.05) is 0 Å². The third kappa shape index (κ3) is 2.36. The molecule has 0 aromatic heterocycles. The van der Waals surface area contributed by atoms with Crippen LogP contribution < -0.4 is 5.32 Å². The molecule has 0 aromatic carbocycles. The second-order valence-corrected chi connectivity index (χ2v) is 6.28. The number of piperidine rings is 3. The number of nitrogens with one attached hydrogen (secondary N) is 1. The second-order valence-electron chi connectivity index (χ2n) is 6.28. The fourth-order valence-corrected chi connectivity index (χ4v) is 4.34. The highest BCUT2D eigenvalue weighted by Gasteiger charge is 2.50. The van der Waals surface area contributed by atoms with Crippen molar-refractivity contribution in [3.8, 4) is 0 Å². The minimum atomic E-state index is -0.234. The molecule has 6 nitrogen and oxygen atoms in total. The second kappa shape index (κ2) is 4.59. The van der Waals surface area contributed by atoms with E-state index in [2.05, 4.69) is 10.2 Å². The summed E-state index contributed by atoms with van der Waals surface area (Å²) in [5.41, 5.74) is -0.126. The number of hydrogen-bond donors (Lipinski definition) is 1. The Kier molecular flexibility index (Phi) is 3.05. The van der Waals surface area contributed by atoms with Crippen LogP contribution in [0.4, 0.5) is 0 Å². The fraction of sp³-hybridized carbons (Fsp3) is 0.769. The van der Waals surface area contributed by atoms with Gasteiger partial charge in [-0.15, -0.1) is 0 Å². The number of imide groups is 1. The van der Waals surface area contributed by atoms with Gasteiger partial charge in [0.2, 0.25) is 18.7 Å². The zero-order valence-corrected chi connectivity index (χ0v) is 10.9. The number of carbonyl (C=O) groups is 3. The van der Waals surface area contributed by atoms with Crippen molar-refractivity contribution in [2.24, 2.45) is 11.8 Å². The van der Waals surface area contributed by atoms with E-state index >= 15 is 0 Å². The van der Waals surface area contributed by atoms with Gasteiger partial charge >= 0.3 is 0 Å². The standard InChI is InChI=1S/C13H19N3O3/c17-8-16(9-18)6-12(19)14-13-2-10-1-11(3-13)5-15(4-10)7-13/h8-11H,1-7H2,(H,14,19)/t10-,11+,13?. The van der Waals surface area contributed by atoms with Crippen molar-refractivity contribution in [1.29, 1.82) is 0 Å². The van der Waals surface area contributed by atoms with E-state index in [1.807, 2.05) is 0 Å². The molecule has 4 rings (SSSR count). The van der Waals surface area contributed by atoms with E-state index in [0.717, 1.165) is 37.4 Å². The lowest BCUT2D eigenvalue weighted by atomic mass is 9.64. The van der Waals surface area contributed by atoms with Crippen LogP contribution in [0.3, 0.4) is 0 Å². The minimum Gasteiger partial charge on any atom is -0.348 e. The largest absolute Gasteiger partial charge is 0.348 e. The molecule has 0 spiro atoms. The lowest BCUT2D eigenvalue weighted by molar-refractivity contribution is -0.138. The Morgan fingerprint density at radius 3 is 2.42 bits per heavy atom. The summed E-state index contributed by atoms with van der Waals surface area (Å²) in [6.45, 7) is 3.05. The van der Waals surface area contributed by atoms with Crippen LogP contribution in [0.15, 0.2) is 0 Å². The van der Waals surface area contributed by atoms with Crippen LogP contribution in [-0.4, -0.2) is 60.2 Å². The fourth-order valence-electron chi connectivity index (χ4n) is 4.34. The van der Waals surface area contributed by atoms with Crippen LogP contribution in [0.25, 0.3) is 0 Å². The molecule has 1 aliphatic carbocycles. The molecule has 3 saturated heterocycles. The molecule has 4 aliphatic rings. The highest BCUT2D eigenvalue weighted by atomic mass is 16.2. The van der Waals surface area contributed by atoms with Crippen molar-refractivity contribution in [2.45, 2.75) is 24.8 Å². The van der Waals surface area contributed by atoms with Crippen LogP contribution >= 0.6 is 0 Å². The molecule has 1 saturated carbocycles. The predicted octanol–water partition coefficient (Wildman–Crippen LogP) is -0.798. The molecule has 2 unspecified atom stereocenters. The molecular formula is C13H19N3O3. The molecule has 3 heterocycles. The van der Waals surface area contributed by atoms with Crippen molar-refractivity contribution in [1.82, 2.24) is 15.1 Å². The normalized spacial score (nSPS) is 38.8. The zero-order valence-electron chi connectivity index (χ0n) is 10.9. The number of hydrogen-bond acceptors (Lipinski definition) is 4. The maximum atomic E-state index is 12.0. The first-order chi connectivity index (χ1) is 9.12. The molecule has 19 heavy (non-hydrogen) atoms. The van der Waals surface area contributed by atoms with Gasteiger partial charge in [-0.2, -0.15) is 0 Å². The molecule has 4 fully saturated rings. The Bertz CT molecular complexity index is 367. The van der Waals surface area contributed by atoms with Gasteiger partial charge in [-0.25, -0.2) is 0 Å². The van der Waals surface area contributed by atoms with Crippen molar-refractivity contribution < 1.29 is 14.4 Å². The van der Waals surface area contributed by atoms with Gasteiger partial charge in [-0.3, -0.25) is 19.3 Å². The summed E-state index contributed by atoms with van der Waals surface area (Å²) in [5.74, 6) is 1.15. The molecule has 1 N–H and O–H groups in total. The van der Waals surface area contributed by atoms with E-state index in [1.54, 1.807) is 0 Å². The van der Waals surface area contributed by atoms with E-state index in [1.165, 1.54) is 6.42 Å². The van der Waals surface area contributed by atoms with Gasteiger partial charge in [-0.05, 0) is 31.1 Å². The van der Waals surface area contributed by atoms with E-state index in [9.17, 15) is 14.4 Å². The molecular weight excluding hydrogens is 246 g/mol. The van der Waals surface area contributed by atoms with Gasteiger partial charge in [0.05, 0.1) is 5.54 Å². The smallest absolute Gasteiger partial charge is 0.240 e. The van der Waals surface area contributed by atoms with E-state index in [0.29, 0.717) is 24.7 Å². The zero-order chi connectivity index (χ0) is 13.5. The van der Waals surface area contributed by atoms with Gasteiger partial charge in [0.25, 0.3) is 0 Å². The Hall–Kier alpha value is -1.43. The van der Waals surface area contributed by atoms with Gasteiger partial charge in [0, 0.05) is 19.6 Å². The Morgan fingerprint density at radius 1 is 1.26 bits per heavy atom. The quantitative estimate of drug-likeness (QED) is 0.661. The van der Waals surface area contributed by atoms with Gasteiger partial charge in [0.1, 0.15) is 6.54 Å². The Balaban J connectivity index is 1.64. The average molecular weight is 265 g/mol. The van der Waals surface area contributed by atoms with E-state index in [4.69, 9.17) is 0 Å². The van der Waals surface area contributed by atoms with Crippen LogP contribution in [0.2, 0.25) is 0 Å². The summed E-state index contributed by atoms with van der Waals surface area (Å²) in [7, 11) is 0. The number of nitrogens with zero attached hydrogens (tertiary/aromatic N) is 2. The predicted molar refractivity (Wildman–Crippen MR) is 67.0 cm³/mol. The summed E-state index contributed by atoms with van der Waals surface area (Å²) in [6, 6.07) is 0. The average Bonchev–Trinajstić information content (AvgIpc) is 2.33. The lowest BCUT2D eigenvalue weighted by Crippen LogP contribution is -2.69. The summed E-state index contributed by atoms with van der Waals surface area (Å²) in [5, 5.41) is 3.08. The Morgan fingerprint density at radius 2 is 1.89 bits per heavy atom. The SMILES string of the molecule is O=CN(C=O)CC(=O)NC12C[C@@H]3C[C@@H](CN(C3)C1)C2. The first-order valence-corrected chi connectivity index (χ1v) is 6.82. The lowest BCUT2D eigenvalue weighted by Gasteiger charge is -2.58. The third-order valence-corrected chi connectivity index (χ3v) is 4.59. The maximum Gasteiger partial charge on any atom is 0.240 e. The number of amides is 3. The van der Waals surface area contributed by atoms with Crippen molar-refractivity contribution in [3.63, 3.8) is 0 Å². The van der Waals surface area contributed by atoms with Crippen LogP contribution in [-0.2, 0) is 14.4 Å². The number of rotatable bonds is 5. The van der Waals surface area contributed by atoms with E-state index in [-0.39, 0.29) is 18.0 Å². The topological polar surface area (TPSA) is 69.7 Å². The molecule has 0 aromatic rings. The number of carbonyl (C=O) groups excluding carboxylic acids is 3. The molecule has 104 valence electrons. The molecule has 4 bridgehead atoms. The van der Waals surface area contributed by atoms with Crippen molar-refractivity contribution >= 4 is 18.7 Å². The molecule has 0 radical (unpaired) electrons. The van der Waals surface area contributed by atoms with E-state index < -0.39 is 0 Å². The summed E-state index contributed by atoms with van der Waals surface area (Å²) < 4.78 is 0. The van der Waals surface area contributed by atoms with Crippen LogP contribution in [0.1, 0.15) is 19.3 Å². The Labute approximate surface area is 112 Å². The third-order valence-electron chi connectivity index (χ3n) is 4.59. The first-order valence-electron chi connectivity index (χ1n) is 6.82.